The van der Waals surface area contributed by atoms with Crippen LogP contribution < -0.4 is 20.1 Å². The van der Waals surface area contributed by atoms with Gasteiger partial charge in [-0.25, -0.2) is 0 Å². The average Bonchev–Trinajstić information content (AvgIpc) is 2.76. The molecule has 0 fully saturated rings. The second kappa shape index (κ2) is 9.93. The highest BCUT2D eigenvalue weighted by Crippen LogP contribution is 2.33. The zero-order valence-corrected chi connectivity index (χ0v) is 17.1. The SMILES string of the molecule is COc1cc2c(cc1OC)CN(CC(=O)NCCNc1ccc([N+](=O)[O-])cc1)CC2. The number of hydrogen-bond acceptors (Lipinski definition) is 7. The van der Waals surface area contributed by atoms with Gasteiger partial charge in [0.25, 0.3) is 5.69 Å². The number of amides is 1. The van der Waals surface area contributed by atoms with Crippen molar-refractivity contribution in [1.82, 2.24) is 10.2 Å². The summed E-state index contributed by atoms with van der Waals surface area (Å²) in [5.74, 6) is 1.38. The highest BCUT2D eigenvalue weighted by molar-refractivity contribution is 5.78. The van der Waals surface area contributed by atoms with Crippen molar-refractivity contribution in [3.8, 4) is 11.5 Å². The smallest absolute Gasteiger partial charge is 0.269 e. The molecule has 0 saturated carbocycles. The number of nitrogens with zero attached hydrogens (tertiary/aromatic N) is 2. The monoisotopic (exact) mass is 414 g/mol. The maximum atomic E-state index is 12.3. The molecule has 0 saturated heterocycles. The van der Waals surface area contributed by atoms with Crippen LogP contribution in [0.1, 0.15) is 11.1 Å². The number of carbonyl (C=O) groups excluding carboxylic acids is 1. The van der Waals surface area contributed by atoms with Crippen molar-refractivity contribution in [2.75, 3.05) is 45.7 Å². The fraction of sp³-hybridized carbons (Fsp3) is 0.381. The molecule has 0 unspecified atom stereocenters. The van der Waals surface area contributed by atoms with Gasteiger partial charge in [0, 0.05) is 44.0 Å². The van der Waals surface area contributed by atoms with Gasteiger partial charge in [0.2, 0.25) is 5.91 Å². The minimum atomic E-state index is -0.435. The summed E-state index contributed by atoms with van der Waals surface area (Å²) in [6, 6.07) is 10.2. The van der Waals surface area contributed by atoms with Gasteiger partial charge >= 0.3 is 0 Å². The van der Waals surface area contributed by atoms with Crippen molar-refractivity contribution in [3.05, 3.63) is 57.6 Å². The Labute approximate surface area is 175 Å². The molecule has 0 aromatic heterocycles. The van der Waals surface area contributed by atoms with Crippen molar-refractivity contribution >= 4 is 17.3 Å². The van der Waals surface area contributed by atoms with E-state index in [1.54, 1.807) is 26.4 Å². The van der Waals surface area contributed by atoms with Crippen LogP contribution in [0.5, 0.6) is 11.5 Å². The minimum Gasteiger partial charge on any atom is -0.493 e. The first kappa shape index (κ1) is 21.4. The Morgan fingerprint density at radius 2 is 1.77 bits per heavy atom. The molecular formula is C21H26N4O5. The number of carbonyl (C=O) groups is 1. The molecule has 0 radical (unpaired) electrons. The summed E-state index contributed by atoms with van der Waals surface area (Å²) < 4.78 is 10.7. The number of ether oxygens (including phenoxy) is 2. The van der Waals surface area contributed by atoms with E-state index in [1.807, 2.05) is 12.1 Å². The normalized spacial score (nSPS) is 13.3. The molecule has 2 aromatic rings. The third-order valence-electron chi connectivity index (χ3n) is 5.02. The second-order valence-electron chi connectivity index (χ2n) is 7.02. The lowest BCUT2D eigenvalue weighted by Crippen LogP contribution is -2.41. The Hall–Kier alpha value is -3.33. The standard InChI is InChI=1S/C21H26N4O5/c1-29-19-11-15-7-10-24(13-16(15)12-20(19)30-2)14-21(26)23-9-8-22-17-3-5-18(6-4-17)25(27)28/h3-6,11-12,22H,7-10,13-14H2,1-2H3,(H,23,26). The number of anilines is 1. The van der Waals surface area contributed by atoms with Crippen LogP contribution in [0.3, 0.4) is 0 Å². The van der Waals surface area contributed by atoms with E-state index in [-0.39, 0.29) is 11.6 Å². The Morgan fingerprint density at radius 1 is 1.10 bits per heavy atom. The van der Waals surface area contributed by atoms with Gasteiger partial charge in [-0.3, -0.25) is 19.8 Å². The summed E-state index contributed by atoms with van der Waals surface area (Å²) in [5, 5.41) is 16.7. The fourth-order valence-corrected chi connectivity index (χ4v) is 3.45. The third-order valence-corrected chi connectivity index (χ3v) is 5.02. The van der Waals surface area contributed by atoms with Gasteiger partial charge in [-0.05, 0) is 41.8 Å². The first-order valence-electron chi connectivity index (χ1n) is 9.71. The summed E-state index contributed by atoms with van der Waals surface area (Å²) in [5.41, 5.74) is 3.18. The minimum absolute atomic E-state index is 0.0376. The van der Waals surface area contributed by atoms with Crippen LogP contribution in [-0.4, -0.2) is 56.1 Å². The van der Waals surface area contributed by atoms with E-state index in [0.717, 1.165) is 30.0 Å². The number of methoxy groups -OCH3 is 2. The molecule has 0 spiro atoms. The van der Waals surface area contributed by atoms with Gasteiger partial charge in [0.15, 0.2) is 11.5 Å². The summed E-state index contributed by atoms with van der Waals surface area (Å²) >= 11 is 0. The number of nitro benzene ring substituents is 1. The molecular weight excluding hydrogens is 388 g/mol. The molecule has 2 N–H and O–H groups in total. The van der Waals surface area contributed by atoms with E-state index in [4.69, 9.17) is 9.47 Å². The molecule has 1 aliphatic rings. The van der Waals surface area contributed by atoms with Crippen LogP contribution in [-0.2, 0) is 17.8 Å². The second-order valence-corrected chi connectivity index (χ2v) is 7.02. The molecule has 0 atom stereocenters. The molecule has 160 valence electrons. The summed E-state index contributed by atoms with van der Waals surface area (Å²) in [4.78, 5) is 24.6. The van der Waals surface area contributed by atoms with Gasteiger partial charge in [-0.2, -0.15) is 0 Å². The molecule has 30 heavy (non-hydrogen) atoms. The molecule has 1 heterocycles. The topological polar surface area (TPSA) is 106 Å². The molecule has 9 nitrogen and oxygen atoms in total. The number of nitro groups is 1. The van der Waals surface area contributed by atoms with Crippen LogP contribution >= 0.6 is 0 Å². The number of hydrogen-bond donors (Lipinski definition) is 2. The van der Waals surface area contributed by atoms with E-state index < -0.39 is 4.92 Å². The Balaban J connectivity index is 1.43. The van der Waals surface area contributed by atoms with Gasteiger partial charge in [0.1, 0.15) is 0 Å². The van der Waals surface area contributed by atoms with Crippen molar-refractivity contribution in [2.45, 2.75) is 13.0 Å². The summed E-state index contributed by atoms with van der Waals surface area (Å²) in [7, 11) is 3.24. The average molecular weight is 414 g/mol. The Kier molecular flexibility index (Phi) is 7.08. The lowest BCUT2D eigenvalue weighted by atomic mass is 9.99. The van der Waals surface area contributed by atoms with Gasteiger partial charge in [-0.1, -0.05) is 0 Å². The van der Waals surface area contributed by atoms with Crippen LogP contribution in [0.25, 0.3) is 0 Å². The van der Waals surface area contributed by atoms with E-state index >= 15 is 0 Å². The largest absolute Gasteiger partial charge is 0.493 e. The number of rotatable bonds is 9. The fourth-order valence-electron chi connectivity index (χ4n) is 3.45. The molecule has 3 rings (SSSR count). The first-order valence-corrected chi connectivity index (χ1v) is 9.71. The van der Waals surface area contributed by atoms with E-state index in [2.05, 4.69) is 15.5 Å². The van der Waals surface area contributed by atoms with Gasteiger partial charge in [0.05, 0.1) is 25.7 Å². The molecule has 0 bridgehead atoms. The Bertz CT molecular complexity index is 901. The van der Waals surface area contributed by atoms with E-state index in [0.29, 0.717) is 31.9 Å². The van der Waals surface area contributed by atoms with Gasteiger partial charge < -0.3 is 20.1 Å². The lowest BCUT2D eigenvalue weighted by molar-refractivity contribution is -0.384. The maximum Gasteiger partial charge on any atom is 0.269 e. The molecule has 9 heteroatoms. The highest BCUT2D eigenvalue weighted by atomic mass is 16.6. The maximum absolute atomic E-state index is 12.3. The number of benzene rings is 2. The summed E-state index contributed by atoms with van der Waals surface area (Å²) in [6.07, 6.45) is 0.852. The number of non-ortho nitro benzene ring substituents is 1. The van der Waals surface area contributed by atoms with Crippen LogP contribution in [0.15, 0.2) is 36.4 Å². The van der Waals surface area contributed by atoms with Crippen molar-refractivity contribution in [2.24, 2.45) is 0 Å². The quantitative estimate of drug-likeness (QED) is 0.368. The predicted molar refractivity (Wildman–Crippen MR) is 113 cm³/mol. The van der Waals surface area contributed by atoms with Crippen molar-refractivity contribution in [1.29, 1.82) is 0 Å². The van der Waals surface area contributed by atoms with Gasteiger partial charge in [-0.15, -0.1) is 0 Å². The highest BCUT2D eigenvalue weighted by Gasteiger charge is 2.21. The van der Waals surface area contributed by atoms with Crippen LogP contribution in [0.4, 0.5) is 11.4 Å². The first-order chi connectivity index (χ1) is 14.5. The molecule has 0 aliphatic carbocycles. The van der Waals surface area contributed by atoms with E-state index in [1.165, 1.54) is 17.7 Å². The van der Waals surface area contributed by atoms with Crippen molar-refractivity contribution in [3.63, 3.8) is 0 Å². The zero-order chi connectivity index (χ0) is 21.5. The third kappa shape index (κ3) is 5.38. The predicted octanol–water partition coefficient (Wildman–Crippen LogP) is 2.20. The lowest BCUT2D eigenvalue weighted by Gasteiger charge is -2.29. The molecule has 2 aromatic carbocycles. The zero-order valence-electron chi connectivity index (χ0n) is 17.1. The number of fused-ring (bicyclic) bond motifs is 1. The van der Waals surface area contributed by atoms with Crippen LogP contribution in [0, 0.1) is 10.1 Å². The van der Waals surface area contributed by atoms with Crippen molar-refractivity contribution < 1.29 is 19.2 Å². The summed E-state index contributed by atoms with van der Waals surface area (Å²) in [6.45, 7) is 2.81. The number of nitrogens with one attached hydrogen (secondary N) is 2. The molecule has 1 aliphatic heterocycles. The Morgan fingerprint density at radius 3 is 2.40 bits per heavy atom. The molecule has 1 amide bonds. The van der Waals surface area contributed by atoms with E-state index in [9.17, 15) is 14.9 Å². The van der Waals surface area contributed by atoms with Crippen LogP contribution in [0.2, 0.25) is 0 Å².